The van der Waals surface area contributed by atoms with Gasteiger partial charge in [-0.3, -0.25) is 9.59 Å². The van der Waals surface area contributed by atoms with Crippen LogP contribution in [-0.2, 0) is 19.1 Å². The molecule has 0 fully saturated rings. The summed E-state index contributed by atoms with van der Waals surface area (Å²) >= 11 is 0. The Hall–Kier alpha value is -1.32. The zero-order chi connectivity index (χ0) is 10.8. The second-order valence-electron chi connectivity index (χ2n) is 2.58. The van der Waals surface area contributed by atoms with Gasteiger partial charge in [0.15, 0.2) is 0 Å². The van der Waals surface area contributed by atoms with Crippen molar-refractivity contribution in [3.8, 4) is 0 Å². The highest BCUT2D eigenvalue weighted by molar-refractivity contribution is 5.69. The standard InChI is InChI=1S/C10H16O4/c1-3-9(11)13-7-5-6-8-14-10(12)4-2/h5,7H,3-4,6,8H2,1-2H3/b7-5+. The molecule has 0 aromatic heterocycles. The molecule has 0 aromatic rings. The summed E-state index contributed by atoms with van der Waals surface area (Å²) in [5.41, 5.74) is 0. The molecule has 0 aliphatic carbocycles. The van der Waals surface area contributed by atoms with Crippen molar-refractivity contribution < 1.29 is 19.1 Å². The minimum Gasteiger partial charge on any atom is -0.465 e. The molecule has 4 nitrogen and oxygen atoms in total. The fraction of sp³-hybridized carbons (Fsp3) is 0.600. The van der Waals surface area contributed by atoms with E-state index >= 15 is 0 Å². The molecule has 0 aliphatic rings. The van der Waals surface area contributed by atoms with E-state index in [1.165, 1.54) is 6.26 Å². The van der Waals surface area contributed by atoms with Crippen LogP contribution in [0.5, 0.6) is 0 Å². The first-order valence-electron chi connectivity index (χ1n) is 4.70. The van der Waals surface area contributed by atoms with Crippen LogP contribution >= 0.6 is 0 Å². The quantitative estimate of drug-likeness (QED) is 0.372. The summed E-state index contributed by atoms with van der Waals surface area (Å²) in [4.78, 5) is 21.3. The summed E-state index contributed by atoms with van der Waals surface area (Å²) in [7, 11) is 0. The molecule has 0 heterocycles. The van der Waals surface area contributed by atoms with Gasteiger partial charge in [0.1, 0.15) is 0 Å². The minimum atomic E-state index is -0.271. The van der Waals surface area contributed by atoms with Crippen molar-refractivity contribution >= 4 is 11.9 Å². The maximum Gasteiger partial charge on any atom is 0.310 e. The van der Waals surface area contributed by atoms with Crippen LogP contribution in [0.3, 0.4) is 0 Å². The topological polar surface area (TPSA) is 52.6 Å². The predicted molar refractivity (Wildman–Crippen MR) is 51.4 cm³/mol. The van der Waals surface area contributed by atoms with Crippen LogP contribution in [0, 0.1) is 0 Å². The highest BCUT2D eigenvalue weighted by Crippen LogP contribution is 1.91. The van der Waals surface area contributed by atoms with E-state index in [1.54, 1.807) is 19.9 Å². The Balaban J connectivity index is 3.36. The summed E-state index contributed by atoms with van der Waals surface area (Å²) < 4.78 is 9.46. The average molecular weight is 200 g/mol. The van der Waals surface area contributed by atoms with Crippen LogP contribution in [0.4, 0.5) is 0 Å². The van der Waals surface area contributed by atoms with Crippen LogP contribution in [0.1, 0.15) is 33.1 Å². The molecule has 0 aromatic carbocycles. The first-order valence-corrected chi connectivity index (χ1v) is 4.70. The number of hydrogen-bond acceptors (Lipinski definition) is 4. The molecule has 80 valence electrons. The van der Waals surface area contributed by atoms with Crippen molar-refractivity contribution in [1.29, 1.82) is 0 Å². The molecule has 4 heteroatoms. The Morgan fingerprint density at radius 3 is 2.36 bits per heavy atom. The van der Waals surface area contributed by atoms with E-state index in [4.69, 9.17) is 4.74 Å². The minimum absolute atomic E-state index is 0.219. The van der Waals surface area contributed by atoms with Gasteiger partial charge in [-0.15, -0.1) is 0 Å². The molecule has 0 saturated carbocycles. The summed E-state index contributed by atoms with van der Waals surface area (Å²) in [6, 6.07) is 0. The van der Waals surface area contributed by atoms with E-state index in [-0.39, 0.29) is 11.9 Å². The van der Waals surface area contributed by atoms with E-state index in [0.717, 1.165) is 0 Å². The van der Waals surface area contributed by atoms with Crippen molar-refractivity contribution in [1.82, 2.24) is 0 Å². The SMILES string of the molecule is CCC(=O)O/C=C/CCOC(=O)CC. The monoisotopic (exact) mass is 200 g/mol. The molecule has 0 aliphatic heterocycles. The van der Waals surface area contributed by atoms with E-state index in [2.05, 4.69) is 4.74 Å². The first-order chi connectivity index (χ1) is 6.70. The number of carbonyl (C=O) groups excluding carboxylic acids is 2. The molecule has 0 unspecified atom stereocenters. The number of hydrogen-bond donors (Lipinski definition) is 0. The maximum atomic E-state index is 10.7. The molecule has 0 radical (unpaired) electrons. The zero-order valence-electron chi connectivity index (χ0n) is 8.62. The molecule has 0 saturated heterocycles. The second kappa shape index (κ2) is 8.29. The van der Waals surface area contributed by atoms with Gasteiger partial charge >= 0.3 is 11.9 Å². The lowest BCUT2D eigenvalue weighted by molar-refractivity contribution is -0.143. The van der Waals surface area contributed by atoms with Crippen LogP contribution in [0.25, 0.3) is 0 Å². The first kappa shape index (κ1) is 12.7. The van der Waals surface area contributed by atoms with Crippen LogP contribution in [0.2, 0.25) is 0 Å². The van der Waals surface area contributed by atoms with Crippen molar-refractivity contribution in [3.63, 3.8) is 0 Å². The molecule has 0 amide bonds. The van der Waals surface area contributed by atoms with E-state index in [9.17, 15) is 9.59 Å². The van der Waals surface area contributed by atoms with Crippen molar-refractivity contribution in [2.75, 3.05) is 6.61 Å². The summed E-state index contributed by atoms with van der Waals surface area (Å²) in [6.07, 6.45) is 4.27. The highest BCUT2D eigenvalue weighted by Gasteiger charge is 1.95. The van der Waals surface area contributed by atoms with E-state index < -0.39 is 0 Å². The van der Waals surface area contributed by atoms with Crippen molar-refractivity contribution in [3.05, 3.63) is 12.3 Å². The van der Waals surface area contributed by atoms with Gasteiger partial charge in [-0.2, -0.15) is 0 Å². The number of carbonyl (C=O) groups is 2. The number of ether oxygens (including phenoxy) is 2. The third-order valence-corrected chi connectivity index (χ3v) is 1.42. The number of esters is 2. The van der Waals surface area contributed by atoms with Crippen LogP contribution in [0.15, 0.2) is 12.3 Å². The average Bonchev–Trinajstić information content (AvgIpc) is 2.22. The maximum absolute atomic E-state index is 10.7. The largest absolute Gasteiger partial charge is 0.465 e. The normalized spacial score (nSPS) is 10.1. The van der Waals surface area contributed by atoms with Gasteiger partial charge in [0.05, 0.1) is 12.9 Å². The lowest BCUT2D eigenvalue weighted by Gasteiger charge is -1.99. The van der Waals surface area contributed by atoms with Crippen LogP contribution in [-0.4, -0.2) is 18.5 Å². The summed E-state index contributed by atoms with van der Waals surface area (Å²) in [5.74, 6) is -0.490. The second-order valence-corrected chi connectivity index (χ2v) is 2.58. The third-order valence-electron chi connectivity index (χ3n) is 1.42. The Bertz CT molecular complexity index is 208. The van der Waals surface area contributed by atoms with Gasteiger partial charge in [-0.1, -0.05) is 13.8 Å². The van der Waals surface area contributed by atoms with E-state index in [0.29, 0.717) is 25.9 Å². The van der Waals surface area contributed by atoms with Crippen molar-refractivity contribution in [2.45, 2.75) is 33.1 Å². The van der Waals surface area contributed by atoms with Gasteiger partial charge in [0.2, 0.25) is 0 Å². The van der Waals surface area contributed by atoms with Gasteiger partial charge in [-0.05, 0) is 6.08 Å². The lowest BCUT2D eigenvalue weighted by Crippen LogP contribution is -2.03. The summed E-state index contributed by atoms with van der Waals surface area (Å²) in [6.45, 7) is 3.78. The zero-order valence-corrected chi connectivity index (χ0v) is 8.62. The number of rotatable bonds is 6. The van der Waals surface area contributed by atoms with Gasteiger partial charge in [-0.25, -0.2) is 0 Å². The fourth-order valence-corrected chi connectivity index (χ4v) is 0.618. The van der Waals surface area contributed by atoms with Gasteiger partial charge in [0, 0.05) is 19.3 Å². The molecule has 0 rings (SSSR count). The molecule has 0 atom stereocenters. The van der Waals surface area contributed by atoms with E-state index in [1.807, 2.05) is 0 Å². The predicted octanol–water partition coefficient (Wildman–Crippen LogP) is 1.80. The Morgan fingerprint density at radius 2 is 1.79 bits per heavy atom. The lowest BCUT2D eigenvalue weighted by atomic mass is 10.4. The Kier molecular flexibility index (Phi) is 7.50. The molecular weight excluding hydrogens is 184 g/mol. The molecule has 0 bridgehead atoms. The highest BCUT2D eigenvalue weighted by atomic mass is 16.5. The molecular formula is C10H16O4. The van der Waals surface area contributed by atoms with Crippen molar-refractivity contribution in [2.24, 2.45) is 0 Å². The molecule has 0 spiro atoms. The van der Waals surface area contributed by atoms with Gasteiger partial charge < -0.3 is 9.47 Å². The molecule has 14 heavy (non-hydrogen) atoms. The Morgan fingerprint density at radius 1 is 1.14 bits per heavy atom. The Labute approximate surface area is 83.9 Å². The fourth-order valence-electron chi connectivity index (χ4n) is 0.618. The third kappa shape index (κ3) is 7.34. The smallest absolute Gasteiger partial charge is 0.310 e. The van der Waals surface area contributed by atoms with Crippen LogP contribution < -0.4 is 0 Å². The van der Waals surface area contributed by atoms with Gasteiger partial charge in [0.25, 0.3) is 0 Å². The molecule has 0 N–H and O–H groups in total. The summed E-state index contributed by atoms with van der Waals surface area (Å²) in [5, 5.41) is 0.